The average Bonchev–Trinajstić information content (AvgIpc) is 3.30. The molecule has 122 valence electrons. The molecule has 3 aromatic rings. The summed E-state index contributed by atoms with van der Waals surface area (Å²) < 4.78 is 1.64. The highest BCUT2D eigenvalue weighted by atomic mass is 32.2. The number of nitrogens with one attached hydrogen (secondary N) is 2. The molecule has 7 nitrogen and oxygen atoms in total. The molecule has 9 heteroatoms. The number of aromatic nitrogens is 3. The summed E-state index contributed by atoms with van der Waals surface area (Å²) in [6, 6.07) is 13.0. The Hall–Kier alpha value is -2.65. The summed E-state index contributed by atoms with van der Waals surface area (Å²) in [5, 5.41) is 6.57. The van der Waals surface area contributed by atoms with Gasteiger partial charge < -0.3 is 0 Å². The quantitative estimate of drug-likeness (QED) is 0.536. The number of thiophene rings is 1. The molecule has 0 spiro atoms. The number of para-hydroxylation sites is 1. The fourth-order valence-corrected chi connectivity index (χ4v) is 3.00. The average molecular weight is 359 g/mol. The van der Waals surface area contributed by atoms with E-state index in [0.29, 0.717) is 10.0 Å². The number of amides is 2. The molecule has 2 heterocycles. The Balaban J connectivity index is 1.46. The third-order valence-corrected chi connectivity index (χ3v) is 4.60. The first-order valence-corrected chi connectivity index (χ1v) is 8.81. The van der Waals surface area contributed by atoms with E-state index >= 15 is 0 Å². The van der Waals surface area contributed by atoms with E-state index in [1.165, 1.54) is 23.1 Å². The van der Waals surface area contributed by atoms with Crippen LogP contribution >= 0.6 is 23.1 Å². The second kappa shape index (κ2) is 7.75. The van der Waals surface area contributed by atoms with Gasteiger partial charge in [0.05, 0.1) is 16.3 Å². The Bertz CT molecular complexity index is 818. The van der Waals surface area contributed by atoms with Gasteiger partial charge in [-0.25, -0.2) is 9.67 Å². The van der Waals surface area contributed by atoms with Crippen molar-refractivity contribution in [3.8, 4) is 5.69 Å². The van der Waals surface area contributed by atoms with Crippen molar-refractivity contribution in [3.63, 3.8) is 0 Å². The molecule has 2 amide bonds. The summed E-state index contributed by atoms with van der Waals surface area (Å²) in [5.74, 6) is -0.570. The molecular formula is C15H13N5O2S2. The van der Waals surface area contributed by atoms with Crippen molar-refractivity contribution in [3.05, 3.63) is 59.0 Å². The lowest BCUT2D eigenvalue weighted by Gasteiger charge is -2.04. The Morgan fingerprint density at radius 3 is 2.71 bits per heavy atom. The molecule has 0 aliphatic rings. The Kier molecular flexibility index (Phi) is 5.24. The van der Waals surface area contributed by atoms with E-state index < -0.39 is 0 Å². The standard InChI is InChI=1S/C15H13N5O2S2/c21-13(17-18-14(22)12-7-4-8-23-12)9-24-15-16-10-20(19-15)11-5-2-1-3-6-11/h1-8,10H,9H2,(H,17,21)(H,18,22). The summed E-state index contributed by atoms with van der Waals surface area (Å²) in [6.45, 7) is 0. The monoisotopic (exact) mass is 359 g/mol. The molecular weight excluding hydrogens is 346 g/mol. The van der Waals surface area contributed by atoms with Crippen molar-refractivity contribution in [1.29, 1.82) is 0 Å². The zero-order valence-corrected chi connectivity index (χ0v) is 14.0. The van der Waals surface area contributed by atoms with Crippen LogP contribution in [0.25, 0.3) is 5.69 Å². The van der Waals surface area contributed by atoms with Crippen molar-refractivity contribution < 1.29 is 9.59 Å². The highest BCUT2D eigenvalue weighted by molar-refractivity contribution is 7.99. The van der Waals surface area contributed by atoms with Crippen LogP contribution in [-0.4, -0.2) is 32.3 Å². The van der Waals surface area contributed by atoms with E-state index in [1.54, 1.807) is 28.5 Å². The maximum absolute atomic E-state index is 11.8. The molecule has 0 radical (unpaired) electrons. The molecule has 24 heavy (non-hydrogen) atoms. The number of rotatable bonds is 5. The summed E-state index contributed by atoms with van der Waals surface area (Å²) in [4.78, 5) is 28.1. The van der Waals surface area contributed by atoms with E-state index in [1.807, 2.05) is 30.3 Å². The SMILES string of the molecule is O=C(CSc1ncn(-c2ccccc2)n1)NNC(=O)c1cccs1. The first kappa shape index (κ1) is 16.2. The fourth-order valence-electron chi connectivity index (χ4n) is 1.78. The highest BCUT2D eigenvalue weighted by Gasteiger charge is 2.10. The number of hydrogen-bond donors (Lipinski definition) is 2. The van der Waals surface area contributed by atoms with Gasteiger partial charge in [0, 0.05) is 0 Å². The number of hydrazine groups is 1. The summed E-state index contributed by atoms with van der Waals surface area (Å²) in [5.41, 5.74) is 5.62. The van der Waals surface area contributed by atoms with Crippen LogP contribution in [-0.2, 0) is 4.79 Å². The molecule has 0 saturated heterocycles. The summed E-state index contributed by atoms with van der Waals surface area (Å²) in [6.07, 6.45) is 1.59. The van der Waals surface area contributed by atoms with Gasteiger partial charge in [-0.15, -0.1) is 16.4 Å². The minimum Gasteiger partial charge on any atom is -0.272 e. The first-order valence-electron chi connectivity index (χ1n) is 6.95. The minimum atomic E-state index is -0.338. The maximum atomic E-state index is 11.8. The van der Waals surface area contributed by atoms with E-state index in [9.17, 15) is 9.59 Å². The number of nitrogens with zero attached hydrogens (tertiary/aromatic N) is 3. The molecule has 0 unspecified atom stereocenters. The Morgan fingerprint density at radius 1 is 1.12 bits per heavy atom. The molecule has 0 fully saturated rings. The first-order chi connectivity index (χ1) is 11.7. The van der Waals surface area contributed by atoms with Crippen LogP contribution in [0.3, 0.4) is 0 Å². The Morgan fingerprint density at radius 2 is 1.96 bits per heavy atom. The molecule has 2 aromatic heterocycles. The fraction of sp³-hybridized carbons (Fsp3) is 0.0667. The van der Waals surface area contributed by atoms with E-state index in [0.717, 1.165) is 5.69 Å². The number of benzene rings is 1. The van der Waals surface area contributed by atoms with Gasteiger partial charge in [-0.2, -0.15) is 0 Å². The maximum Gasteiger partial charge on any atom is 0.279 e. The molecule has 0 saturated carbocycles. The van der Waals surface area contributed by atoms with Gasteiger partial charge in [-0.1, -0.05) is 36.0 Å². The van der Waals surface area contributed by atoms with E-state index in [-0.39, 0.29) is 17.6 Å². The smallest absolute Gasteiger partial charge is 0.272 e. The van der Waals surface area contributed by atoms with Gasteiger partial charge in [0.25, 0.3) is 5.91 Å². The number of hydrogen-bond acceptors (Lipinski definition) is 6. The lowest BCUT2D eigenvalue weighted by molar-refractivity contribution is -0.119. The van der Waals surface area contributed by atoms with Gasteiger partial charge in [0.2, 0.25) is 11.1 Å². The Labute approximate surface area is 146 Å². The van der Waals surface area contributed by atoms with E-state index in [4.69, 9.17) is 0 Å². The largest absolute Gasteiger partial charge is 0.279 e. The highest BCUT2D eigenvalue weighted by Crippen LogP contribution is 2.13. The third-order valence-electron chi connectivity index (χ3n) is 2.88. The lowest BCUT2D eigenvalue weighted by Crippen LogP contribution is -2.42. The van der Waals surface area contributed by atoms with Crippen LogP contribution < -0.4 is 10.9 Å². The van der Waals surface area contributed by atoms with Crippen LogP contribution in [0, 0.1) is 0 Å². The molecule has 3 rings (SSSR count). The van der Waals surface area contributed by atoms with Crippen LogP contribution in [0.4, 0.5) is 0 Å². The van der Waals surface area contributed by atoms with E-state index in [2.05, 4.69) is 20.9 Å². The predicted molar refractivity (Wildman–Crippen MR) is 92.0 cm³/mol. The van der Waals surface area contributed by atoms with Gasteiger partial charge in [0.1, 0.15) is 6.33 Å². The molecule has 0 bridgehead atoms. The topological polar surface area (TPSA) is 88.9 Å². The second-order valence-electron chi connectivity index (χ2n) is 4.58. The van der Waals surface area contributed by atoms with Crippen molar-refractivity contribution in [2.75, 3.05) is 5.75 Å². The van der Waals surface area contributed by atoms with Crippen LogP contribution in [0.15, 0.2) is 59.3 Å². The lowest BCUT2D eigenvalue weighted by atomic mass is 10.3. The van der Waals surface area contributed by atoms with Crippen molar-refractivity contribution in [2.45, 2.75) is 5.16 Å². The second-order valence-corrected chi connectivity index (χ2v) is 6.47. The predicted octanol–water partition coefficient (Wildman–Crippen LogP) is 1.88. The number of carbonyl (C=O) groups is 2. The van der Waals surface area contributed by atoms with Gasteiger partial charge in [0.15, 0.2) is 0 Å². The molecule has 1 aromatic carbocycles. The van der Waals surface area contributed by atoms with Crippen LogP contribution in [0.1, 0.15) is 9.67 Å². The normalized spacial score (nSPS) is 10.3. The molecule has 2 N–H and O–H groups in total. The van der Waals surface area contributed by atoms with Crippen molar-refractivity contribution in [1.82, 2.24) is 25.6 Å². The molecule has 0 aliphatic carbocycles. The van der Waals surface area contributed by atoms with Gasteiger partial charge in [-0.05, 0) is 23.6 Å². The van der Waals surface area contributed by atoms with Gasteiger partial charge >= 0.3 is 0 Å². The summed E-state index contributed by atoms with van der Waals surface area (Å²) in [7, 11) is 0. The zero-order valence-electron chi connectivity index (χ0n) is 12.4. The van der Waals surface area contributed by atoms with Crippen molar-refractivity contribution >= 4 is 34.9 Å². The minimum absolute atomic E-state index is 0.101. The van der Waals surface area contributed by atoms with Crippen molar-refractivity contribution in [2.24, 2.45) is 0 Å². The summed E-state index contributed by atoms with van der Waals surface area (Å²) >= 11 is 2.49. The van der Waals surface area contributed by atoms with Gasteiger partial charge in [-0.3, -0.25) is 20.4 Å². The number of thioether (sulfide) groups is 1. The molecule has 0 aliphatic heterocycles. The third kappa shape index (κ3) is 4.21. The van der Waals surface area contributed by atoms with Crippen LogP contribution in [0.5, 0.6) is 0 Å². The number of carbonyl (C=O) groups excluding carboxylic acids is 2. The van der Waals surface area contributed by atoms with Crippen LogP contribution in [0.2, 0.25) is 0 Å². The molecule has 0 atom stereocenters. The zero-order chi connectivity index (χ0) is 16.8.